The van der Waals surface area contributed by atoms with Gasteiger partial charge in [0.05, 0.1) is 23.9 Å². The molecule has 3 aromatic rings. The number of hydrogen-bond acceptors (Lipinski definition) is 3. The van der Waals surface area contributed by atoms with E-state index in [-0.39, 0.29) is 29.7 Å². The van der Waals surface area contributed by atoms with Crippen LogP contribution in [0.25, 0.3) is 0 Å². The van der Waals surface area contributed by atoms with Crippen molar-refractivity contribution in [1.82, 2.24) is 19.8 Å². The summed E-state index contributed by atoms with van der Waals surface area (Å²) in [5, 5.41) is 3.23. The van der Waals surface area contributed by atoms with Crippen molar-refractivity contribution in [3.8, 4) is 0 Å². The van der Waals surface area contributed by atoms with Crippen LogP contribution >= 0.6 is 0 Å². The summed E-state index contributed by atoms with van der Waals surface area (Å²) in [5.74, 6) is -0.343. The van der Waals surface area contributed by atoms with Crippen molar-refractivity contribution >= 4 is 11.8 Å². The number of fused-ring (bicyclic) bond motifs is 1. The smallest absolute Gasteiger partial charge is 0.254 e. The summed E-state index contributed by atoms with van der Waals surface area (Å²) in [6.07, 6.45) is 8.98. The molecule has 2 amide bonds. The Hall–Kier alpha value is -3.48. The second kappa shape index (κ2) is 9.05. The molecular formula is C27H29FN4O2. The van der Waals surface area contributed by atoms with Crippen molar-refractivity contribution in [2.45, 2.75) is 63.2 Å². The Balaban J connectivity index is 1.52. The summed E-state index contributed by atoms with van der Waals surface area (Å²) in [6, 6.07) is 13.7. The van der Waals surface area contributed by atoms with Gasteiger partial charge in [0.2, 0.25) is 5.91 Å². The number of imidazole rings is 1. The van der Waals surface area contributed by atoms with E-state index in [1.807, 2.05) is 46.9 Å². The molecule has 6 nitrogen and oxygen atoms in total. The number of halogens is 1. The third kappa shape index (κ3) is 4.34. The van der Waals surface area contributed by atoms with Gasteiger partial charge in [0.15, 0.2) is 0 Å². The molecule has 0 bridgehead atoms. The molecule has 2 saturated heterocycles. The van der Waals surface area contributed by atoms with Gasteiger partial charge in [-0.3, -0.25) is 9.59 Å². The van der Waals surface area contributed by atoms with Gasteiger partial charge in [-0.25, -0.2) is 9.37 Å². The lowest BCUT2D eigenvalue weighted by molar-refractivity contribution is -0.123. The SMILES string of the molecule is C[C@]12C[C@@H](c3ccc(F)cc3)N(C(=O)c3cccc(Cn4ccnc4)c3)[C@H]1CCCCC(=O)N2. The highest BCUT2D eigenvalue weighted by Gasteiger charge is 2.52. The lowest BCUT2D eigenvalue weighted by Gasteiger charge is -2.38. The number of rotatable bonds is 4. The van der Waals surface area contributed by atoms with Crippen molar-refractivity contribution in [2.24, 2.45) is 0 Å². The average Bonchev–Trinajstić information content (AvgIpc) is 3.41. The van der Waals surface area contributed by atoms with Crippen LogP contribution in [0.5, 0.6) is 0 Å². The van der Waals surface area contributed by atoms with E-state index in [9.17, 15) is 14.0 Å². The molecule has 0 unspecified atom stereocenters. The van der Waals surface area contributed by atoms with Crippen LogP contribution in [0, 0.1) is 5.82 Å². The van der Waals surface area contributed by atoms with E-state index in [2.05, 4.69) is 10.3 Å². The molecule has 0 aliphatic carbocycles. The number of benzene rings is 2. The summed E-state index contributed by atoms with van der Waals surface area (Å²) in [5.41, 5.74) is 1.96. The van der Waals surface area contributed by atoms with Crippen LogP contribution in [0.1, 0.15) is 66.6 Å². The maximum Gasteiger partial charge on any atom is 0.254 e. The van der Waals surface area contributed by atoms with Crippen LogP contribution in [0.4, 0.5) is 4.39 Å². The third-order valence-corrected chi connectivity index (χ3v) is 7.17. The number of likely N-dealkylation sites (tertiary alicyclic amines) is 1. The summed E-state index contributed by atoms with van der Waals surface area (Å²) < 4.78 is 15.6. The molecule has 0 spiro atoms. The summed E-state index contributed by atoms with van der Waals surface area (Å²) in [7, 11) is 0. The molecule has 34 heavy (non-hydrogen) atoms. The normalized spacial score (nSPS) is 24.8. The minimum absolute atomic E-state index is 0.0293. The fourth-order valence-corrected chi connectivity index (χ4v) is 5.55. The number of nitrogens with one attached hydrogen (secondary N) is 1. The van der Waals surface area contributed by atoms with E-state index in [0.717, 1.165) is 30.4 Å². The van der Waals surface area contributed by atoms with Gasteiger partial charge in [-0.05, 0) is 61.6 Å². The summed E-state index contributed by atoms with van der Waals surface area (Å²) in [6.45, 7) is 2.67. The van der Waals surface area contributed by atoms with Gasteiger partial charge in [-0.15, -0.1) is 0 Å². The highest BCUT2D eigenvalue weighted by molar-refractivity contribution is 5.95. The molecule has 2 aromatic carbocycles. The van der Waals surface area contributed by atoms with Crippen molar-refractivity contribution < 1.29 is 14.0 Å². The maximum atomic E-state index is 14.0. The van der Waals surface area contributed by atoms with Crippen LogP contribution < -0.4 is 5.32 Å². The Morgan fingerprint density at radius 3 is 2.79 bits per heavy atom. The fraction of sp³-hybridized carbons (Fsp3) is 0.370. The first kappa shape index (κ1) is 22.3. The largest absolute Gasteiger partial charge is 0.349 e. The number of nitrogens with zero attached hydrogens (tertiary/aromatic N) is 3. The molecule has 1 aromatic heterocycles. The minimum Gasteiger partial charge on any atom is -0.349 e. The zero-order valence-electron chi connectivity index (χ0n) is 19.3. The van der Waals surface area contributed by atoms with Crippen molar-refractivity contribution in [1.29, 1.82) is 0 Å². The van der Waals surface area contributed by atoms with Gasteiger partial charge in [-0.2, -0.15) is 0 Å². The molecule has 3 atom stereocenters. The van der Waals surface area contributed by atoms with Gasteiger partial charge in [0.25, 0.3) is 5.91 Å². The number of carbonyl (C=O) groups is 2. The Labute approximate surface area is 198 Å². The van der Waals surface area contributed by atoms with Crippen LogP contribution in [-0.2, 0) is 11.3 Å². The minimum atomic E-state index is -0.541. The summed E-state index contributed by atoms with van der Waals surface area (Å²) in [4.78, 5) is 32.6. The first-order chi connectivity index (χ1) is 16.4. The molecule has 2 aliphatic rings. The average molecular weight is 461 g/mol. The van der Waals surface area contributed by atoms with E-state index in [1.165, 1.54) is 12.1 Å². The van der Waals surface area contributed by atoms with Crippen LogP contribution in [0.2, 0.25) is 0 Å². The Morgan fingerprint density at radius 2 is 2.03 bits per heavy atom. The monoisotopic (exact) mass is 460 g/mol. The van der Waals surface area contributed by atoms with Gasteiger partial charge >= 0.3 is 0 Å². The molecule has 176 valence electrons. The lowest BCUT2D eigenvalue weighted by atomic mass is 9.85. The van der Waals surface area contributed by atoms with Gasteiger partial charge < -0.3 is 14.8 Å². The molecule has 3 heterocycles. The van der Waals surface area contributed by atoms with Gasteiger partial charge in [0.1, 0.15) is 5.82 Å². The molecular weight excluding hydrogens is 431 g/mol. The molecule has 2 fully saturated rings. The first-order valence-corrected chi connectivity index (χ1v) is 11.9. The van der Waals surface area contributed by atoms with E-state index >= 15 is 0 Å². The summed E-state index contributed by atoms with van der Waals surface area (Å²) >= 11 is 0. The highest BCUT2D eigenvalue weighted by Crippen LogP contribution is 2.45. The van der Waals surface area contributed by atoms with Crippen LogP contribution in [-0.4, -0.2) is 37.8 Å². The second-order valence-corrected chi connectivity index (χ2v) is 9.65. The molecule has 0 radical (unpaired) electrons. The standard InChI is InChI=1S/C27H29FN4O2/c1-27-16-23(20-9-11-22(28)12-10-20)32(24(27)7-2-3-8-25(33)30-27)26(34)21-6-4-5-19(15-21)17-31-14-13-29-18-31/h4-6,9-15,18,23-24H,2-3,7-8,16-17H2,1H3,(H,30,33)/t23-,24-,27-/m0/s1. The van der Waals surface area contributed by atoms with E-state index < -0.39 is 5.54 Å². The Morgan fingerprint density at radius 1 is 1.21 bits per heavy atom. The maximum absolute atomic E-state index is 14.0. The highest BCUT2D eigenvalue weighted by atomic mass is 19.1. The molecule has 7 heteroatoms. The lowest BCUT2D eigenvalue weighted by Crippen LogP contribution is -2.56. The topological polar surface area (TPSA) is 67.2 Å². The second-order valence-electron chi connectivity index (χ2n) is 9.65. The zero-order chi connectivity index (χ0) is 23.7. The van der Waals surface area contributed by atoms with Gasteiger partial charge in [-0.1, -0.05) is 30.7 Å². The number of carbonyl (C=O) groups excluding carboxylic acids is 2. The molecule has 0 saturated carbocycles. The predicted octanol–water partition coefficient (Wildman–Crippen LogP) is 4.48. The first-order valence-electron chi connectivity index (χ1n) is 11.9. The van der Waals surface area contributed by atoms with E-state index in [4.69, 9.17) is 0 Å². The number of aromatic nitrogens is 2. The van der Waals surface area contributed by atoms with Gasteiger partial charge in [0, 0.05) is 30.9 Å². The van der Waals surface area contributed by atoms with Crippen molar-refractivity contribution in [2.75, 3.05) is 0 Å². The molecule has 2 aliphatic heterocycles. The number of hydrogen-bond donors (Lipinski definition) is 1. The van der Waals surface area contributed by atoms with Crippen LogP contribution in [0.15, 0.2) is 67.3 Å². The predicted molar refractivity (Wildman–Crippen MR) is 127 cm³/mol. The fourth-order valence-electron chi connectivity index (χ4n) is 5.55. The van der Waals surface area contributed by atoms with Crippen molar-refractivity contribution in [3.05, 3.63) is 89.8 Å². The van der Waals surface area contributed by atoms with E-state index in [1.54, 1.807) is 24.7 Å². The molecule has 5 rings (SSSR count). The quantitative estimate of drug-likeness (QED) is 0.625. The van der Waals surface area contributed by atoms with E-state index in [0.29, 0.717) is 24.9 Å². The molecule has 1 N–H and O–H groups in total. The number of amides is 2. The van der Waals surface area contributed by atoms with Crippen LogP contribution in [0.3, 0.4) is 0 Å². The Kier molecular flexibility index (Phi) is 5.94. The van der Waals surface area contributed by atoms with Crippen molar-refractivity contribution in [3.63, 3.8) is 0 Å². The Bertz CT molecular complexity index is 1180. The zero-order valence-corrected chi connectivity index (χ0v) is 19.3. The third-order valence-electron chi connectivity index (χ3n) is 7.17.